The summed E-state index contributed by atoms with van der Waals surface area (Å²) in [7, 11) is 0. The van der Waals surface area contributed by atoms with E-state index in [0.717, 1.165) is 12.8 Å². The molecule has 1 aromatic heterocycles. The van der Waals surface area contributed by atoms with Gasteiger partial charge in [-0.1, -0.05) is 35.9 Å². The molecule has 0 amide bonds. The summed E-state index contributed by atoms with van der Waals surface area (Å²) in [5.41, 5.74) is 2.62. The van der Waals surface area contributed by atoms with Gasteiger partial charge >= 0.3 is 0 Å². The van der Waals surface area contributed by atoms with E-state index in [2.05, 4.69) is 39.4 Å². The van der Waals surface area contributed by atoms with Crippen LogP contribution in [0, 0.1) is 0 Å². The van der Waals surface area contributed by atoms with Gasteiger partial charge in [-0.15, -0.1) is 0 Å². The summed E-state index contributed by atoms with van der Waals surface area (Å²) in [4.78, 5) is 13.8. The number of nitrogens with zero attached hydrogens (tertiary/aromatic N) is 2. The zero-order valence-electron chi connectivity index (χ0n) is 12.0. The van der Waals surface area contributed by atoms with Crippen LogP contribution in [0.1, 0.15) is 17.5 Å². The van der Waals surface area contributed by atoms with E-state index in [0.29, 0.717) is 25.4 Å². The second kappa shape index (κ2) is 5.11. The van der Waals surface area contributed by atoms with Crippen LogP contribution in [0.3, 0.4) is 0 Å². The second-order valence-electron chi connectivity index (χ2n) is 5.82. The molecule has 1 N–H and O–H groups in total. The molecule has 5 nitrogen and oxygen atoms in total. The first-order valence-electron chi connectivity index (χ1n) is 7.40. The topological polar surface area (TPSA) is 58.2 Å². The van der Waals surface area contributed by atoms with Crippen molar-refractivity contribution in [2.24, 2.45) is 0 Å². The molecule has 0 bridgehead atoms. The van der Waals surface area contributed by atoms with E-state index in [-0.39, 0.29) is 16.2 Å². The maximum absolute atomic E-state index is 11.7. The van der Waals surface area contributed by atoms with Crippen LogP contribution in [0.4, 0.5) is 5.69 Å². The highest BCUT2D eigenvalue weighted by molar-refractivity contribution is 6.33. The van der Waals surface area contributed by atoms with E-state index in [1.54, 1.807) is 6.20 Å². The van der Waals surface area contributed by atoms with E-state index < -0.39 is 0 Å². The predicted octanol–water partition coefficient (Wildman–Crippen LogP) is 2.10. The Morgan fingerprint density at radius 3 is 3.14 bits per heavy atom. The molecule has 1 aliphatic heterocycles. The zero-order valence-corrected chi connectivity index (χ0v) is 12.8. The van der Waals surface area contributed by atoms with Gasteiger partial charge in [0.25, 0.3) is 5.56 Å². The van der Waals surface area contributed by atoms with Crippen molar-refractivity contribution in [3.8, 4) is 0 Å². The van der Waals surface area contributed by atoms with Gasteiger partial charge in [-0.05, 0) is 24.0 Å². The normalized spacial score (nSPS) is 23.8. The van der Waals surface area contributed by atoms with Crippen molar-refractivity contribution in [1.82, 2.24) is 10.2 Å². The number of ether oxygens (including phenoxy) is 1. The standard InChI is InChI=1S/C16H16ClN3O2/c17-14-13(9-18-19-15(14)21)20-7-8-22-16(10-20)6-5-11-3-1-2-4-12(11)16/h1-4,9H,5-8,10H2,(H,19,21)/t16-/m1/s1. The van der Waals surface area contributed by atoms with Crippen LogP contribution < -0.4 is 10.5 Å². The maximum Gasteiger partial charge on any atom is 0.285 e. The van der Waals surface area contributed by atoms with Gasteiger partial charge in [0.05, 0.1) is 25.0 Å². The Morgan fingerprint density at radius 2 is 2.23 bits per heavy atom. The molecule has 0 saturated carbocycles. The largest absolute Gasteiger partial charge is 0.367 e. The lowest BCUT2D eigenvalue weighted by molar-refractivity contribution is -0.0592. The van der Waals surface area contributed by atoms with Crippen LogP contribution in [-0.2, 0) is 16.8 Å². The van der Waals surface area contributed by atoms with Crippen molar-refractivity contribution in [3.63, 3.8) is 0 Å². The summed E-state index contributed by atoms with van der Waals surface area (Å²) in [5, 5.41) is 6.43. The SMILES string of the molecule is O=c1[nH]ncc(N2CCO[C@]3(CCc4ccccc43)C2)c1Cl. The van der Waals surface area contributed by atoms with Crippen molar-refractivity contribution in [2.75, 3.05) is 24.6 Å². The lowest BCUT2D eigenvalue weighted by Crippen LogP contribution is -2.49. The Kier molecular flexibility index (Phi) is 3.20. The smallest absolute Gasteiger partial charge is 0.285 e. The molecule has 2 aromatic rings. The number of aromatic nitrogens is 2. The first-order valence-corrected chi connectivity index (χ1v) is 7.78. The van der Waals surface area contributed by atoms with E-state index in [9.17, 15) is 4.79 Å². The van der Waals surface area contributed by atoms with Crippen LogP contribution in [0.2, 0.25) is 5.02 Å². The van der Waals surface area contributed by atoms with E-state index >= 15 is 0 Å². The van der Waals surface area contributed by atoms with Crippen molar-refractivity contribution in [2.45, 2.75) is 18.4 Å². The zero-order chi connectivity index (χ0) is 15.2. The highest BCUT2D eigenvalue weighted by Gasteiger charge is 2.43. The Balaban J connectivity index is 1.72. The summed E-state index contributed by atoms with van der Waals surface area (Å²) >= 11 is 6.16. The van der Waals surface area contributed by atoms with Crippen molar-refractivity contribution in [3.05, 3.63) is 57.0 Å². The van der Waals surface area contributed by atoms with Gasteiger partial charge < -0.3 is 9.64 Å². The Hall–Kier alpha value is -1.85. The Morgan fingerprint density at radius 1 is 1.36 bits per heavy atom. The average Bonchev–Trinajstić information content (AvgIpc) is 2.89. The van der Waals surface area contributed by atoms with E-state index in [4.69, 9.17) is 16.3 Å². The second-order valence-corrected chi connectivity index (χ2v) is 6.20. The summed E-state index contributed by atoms with van der Waals surface area (Å²) in [6.07, 6.45) is 3.59. The van der Waals surface area contributed by atoms with Gasteiger partial charge in [-0.3, -0.25) is 4.79 Å². The third-order valence-electron chi connectivity index (χ3n) is 4.61. The average molecular weight is 318 g/mol. The quantitative estimate of drug-likeness (QED) is 0.875. The Bertz CT molecular complexity index is 772. The molecule has 1 atom stereocenters. The number of aryl methyl sites for hydroxylation is 1. The van der Waals surface area contributed by atoms with Crippen LogP contribution >= 0.6 is 11.6 Å². The fourth-order valence-corrected chi connectivity index (χ4v) is 3.76. The maximum atomic E-state index is 11.7. The summed E-state index contributed by atoms with van der Waals surface area (Å²) in [6, 6.07) is 8.42. The number of hydrogen-bond donors (Lipinski definition) is 1. The number of halogens is 1. The molecule has 1 fully saturated rings. The minimum absolute atomic E-state index is 0.193. The molecule has 0 unspecified atom stereocenters. The number of anilines is 1. The first kappa shape index (κ1) is 13.8. The fraction of sp³-hybridized carbons (Fsp3) is 0.375. The lowest BCUT2D eigenvalue weighted by Gasteiger charge is -2.42. The number of aromatic amines is 1. The number of rotatable bonds is 1. The van der Waals surface area contributed by atoms with E-state index in [1.807, 2.05) is 0 Å². The molecule has 1 aliphatic carbocycles. The van der Waals surface area contributed by atoms with Gasteiger partial charge in [0.1, 0.15) is 10.6 Å². The number of nitrogens with one attached hydrogen (secondary N) is 1. The number of H-pyrrole nitrogens is 1. The first-order chi connectivity index (χ1) is 10.7. The summed E-state index contributed by atoms with van der Waals surface area (Å²) in [6.45, 7) is 2.00. The molecule has 2 heterocycles. The molecule has 1 spiro atoms. The van der Waals surface area contributed by atoms with E-state index in [1.165, 1.54) is 11.1 Å². The van der Waals surface area contributed by atoms with Crippen molar-refractivity contribution < 1.29 is 4.74 Å². The molecule has 1 saturated heterocycles. The van der Waals surface area contributed by atoms with Crippen LogP contribution in [0.25, 0.3) is 0 Å². The number of fused-ring (bicyclic) bond motifs is 2. The molecule has 2 aliphatic rings. The third-order valence-corrected chi connectivity index (χ3v) is 4.98. The lowest BCUT2D eigenvalue weighted by atomic mass is 9.93. The van der Waals surface area contributed by atoms with Gasteiger partial charge in [0.2, 0.25) is 0 Å². The third kappa shape index (κ3) is 2.04. The molecule has 4 rings (SSSR count). The van der Waals surface area contributed by atoms with Gasteiger partial charge in [0.15, 0.2) is 0 Å². The number of hydrogen-bond acceptors (Lipinski definition) is 4. The summed E-state index contributed by atoms with van der Waals surface area (Å²) in [5.74, 6) is 0. The molecule has 22 heavy (non-hydrogen) atoms. The molecule has 114 valence electrons. The highest BCUT2D eigenvalue weighted by Crippen LogP contribution is 2.43. The van der Waals surface area contributed by atoms with Crippen molar-refractivity contribution >= 4 is 17.3 Å². The minimum Gasteiger partial charge on any atom is -0.367 e. The monoisotopic (exact) mass is 317 g/mol. The molecular formula is C16H16ClN3O2. The number of benzene rings is 1. The highest BCUT2D eigenvalue weighted by atomic mass is 35.5. The summed E-state index contributed by atoms with van der Waals surface area (Å²) < 4.78 is 6.18. The molecular weight excluding hydrogens is 302 g/mol. The number of morpholine rings is 1. The van der Waals surface area contributed by atoms with Crippen LogP contribution in [0.15, 0.2) is 35.3 Å². The Labute approximate surface area is 132 Å². The molecule has 1 aromatic carbocycles. The molecule has 0 radical (unpaired) electrons. The van der Waals surface area contributed by atoms with Gasteiger partial charge in [-0.25, -0.2) is 5.10 Å². The minimum atomic E-state index is -0.355. The van der Waals surface area contributed by atoms with Crippen LogP contribution in [-0.4, -0.2) is 29.9 Å². The van der Waals surface area contributed by atoms with Gasteiger partial charge in [0, 0.05) is 6.54 Å². The van der Waals surface area contributed by atoms with Crippen molar-refractivity contribution in [1.29, 1.82) is 0 Å². The molecule has 6 heteroatoms. The predicted molar refractivity (Wildman–Crippen MR) is 84.5 cm³/mol. The van der Waals surface area contributed by atoms with Crippen LogP contribution in [0.5, 0.6) is 0 Å². The fourth-order valence-electron chi connectivity index (χ4n) is 3.55. The van der Waals surface area contributed by atoms with Gasteiger partial charge in [-0.2, -0.15) is 5.10 Å².